The van der Waals surface area contributed by atoms with Crippen LogP contribution in [0, 0.1) is 0 Å². The molecule has 220 valence electrons. The molecular weight excluding hydrogens is 508 g/mol. The molecule has 11 nitrogen and oxygen atoms in total. The Hall–Kier alpha value is -1.21. The zero-order chi connectivity index (χ0) is 27.5. The standard InChI is InChI=1S/C25H49ClN2O9/c1-25(2,3)37-24(30)28-10-13-33-16-17-34-18-19-35-20-21-36-22-23(29)27-9-12-32-15-14-31-11-7-5-4-6-8-26/h4-22H2,1-3H3,(H,27,29)(H,28,30). The Bertz CT molecular complexity index is 537. The van der Waals surface area contributed by atoms with E-state index in [2.05, 4.69) is 10.6 Å². The maximum Gasteiger partial charge on any atom is 0.407 e. The van der Waals surface area contributed by atoms with Crippen LogP contribution in [0.1, 0.15) is 46.5 Å². The molecule has 12 heteroatoms. The fraction of sp³-hybridized carbons (Fsp3) is 0.920. The summed E-state index contributed by atoms with van der Waals surface area (Å²) < 4.78 is 37.4. The SMILES string of the molecule is CC(C)(C)OC(=O)NCCOCCOCCOCCOCC(=O)NCCOCCOCCCCCCCl. The third-order valence-corrected chi connectivity index (χ3v) is 4.64. The van der Waals surface area contributed by atoms with Crippen LogP contribution in [0.25, 0.3) is 0 Å². The molecule has 0 aliphatic heterocycles. The van der Waals surface area contributed by atoms with Gasteiger partial charge in [0.15, 0.2) is 0 Å². The van der Waals surface area contributed by atoms with Gasteiger partial charge in [0.05, 0.1) is 66.1 Å². The fourth-order valence-electron chi connectivity index (χ4n) is 2.65. The maximum atomic E-state index is 11.7. The van der Waals surface area contributed by atoms with Gasteiger partial charge in [0.2, 0.25) is 5.91 Å². The molecule has 0 atom stereocenters. The highest BCUT2D eigenvalue weighted by Crippen LogP contribution is 2.06. The van der Waals surface area contributed by atoms with Crippen LogP contribution in [0.5, 0.6) is 0 Å². The third-order valence-electron chi connectivity index (χ3n) is 4.38. The summed E-state index contributed by atoms with van der Waals surface area (Å²) in [5, 5.41) is 5.34. The summed E-state index contributed by atoms with van der Waals surface area (Å²) in [5.41, 5.74) is -0.516. The zero-order valence-electron chi connectivity index (χ0n) is 23.0. The molecule has 0 bridgehead atoms. The lowest BCUT2D eigenvalue weighted by atomic mass is 10.2. The minimum Gasteiger partial charge on any atom is -0.444 e. The summed E-state index contributed by atoms with van der Waals surface area (Å²) >= 11 is 5.63. The zero-order valence-corrected chi connectivity index (χ0v) is 23.7. The van der Waals surface area contributed by atoms with Gasteiger partial charge in [-0.3, -0.25) is 4.79 Å². The van der Waals surface area contributed by atoms with Crippen LogP contribution in [0.3, 0.4) is 0 Å². The smallest absolute Gasteiger partial charge is 0.407 e. The summed E-state index contributed by atoms with van der Waals surface area (Å²) in [4.78, 5) is 23.1. The van der Waals surface area contributed by atoms with Gasteiger partial charge >= 0.3 is 6.09 Å². The lowest BCUT2D eigenvalue weighted by molar-refractivity contribution is -0.126. The number of carbonyl (C=O) groups excluding carboxylic acids is 2. The van der Waals surface area contributed by atoms with Crippen LogP contribution in [0.15, 0.2) is 0 Å². The van der Waals surface area contributed by atoms with E-state index in [9.17, 15) is 9.59 Å². The molecule has 2 N–H and O–H groups in total. The molecule has 0 heterocycles. The molecule has 0 aliphatic rings. The van der Waals surface area contributed by atoms with E-state index >= 15 is 0 Å². The Labute approximate surface area is 227 Å². The normalized spacial score (nSPS) is 11.5. The van der Waals surface area contributed by atoms with Crippen LogP contribution in [-0.4, -0.2) is 116 Å². The molecule has 0 spiro atoms. The Kier molecular flexibility index (Phi) is 25.5. The predicted octanol–water partition coefficient (Wildman–Crippen LogP) is 2.53. The molecule has 0 aromatic carbocycles. The highest BCUT2D eigenvalue weighted by atomic mass is 35.5. The van der Waals surface area contributed by atoms with Gasteiger partial charge < -0.3 is 43.8 Å². The van der Waals surface area contributed by atoms with Crippen molar-refractivity contribution in [1.29, 1.82) is 0 Å². The Balaban J connectivity index is 3.22. The summed E-state index contributed by atoms with van der Waals surface area (Å²) in [6, 6.07) is 0. The number of ether oxygens (including phenoxy) is 7. The van der Waals surface area contributed by atoms with Crippen LogP contribution >= 0.6 is 11.6 Å². The van der Waals surface area contributed by atoms with Gasteiger partial charge in [-0.05, 0) is 33.6 Å². The van der Waals surface area contributed by atoms with Crippen molar-refractivity contribution >= 4 is 23.6 Å². The van der Waals surface area contributed by atoms with Crippen molar-refractivity contribution in [3.8, 4) is 0 Å². The van der Waals surface area contributed by atoms with E-state index in [0.29, 0.717) is 79.2 Å². The maximum absolute atomic E-state index is 11.7. The van der Waals surface area contributed by atoms with E-state index in [1.165, 1.54) is 0 Å². The Morgan fingerprint density at radius 3 is 1.59 bits per heavy atom. The van der Waals surface area contributed by atoms with Crippen molar-refractivity contribution in [1.82, 2.24) is 10.6 Å². The van der Waals surface area contributed by atoms with E-state index in [4.69, 9.17) is 44.8 Å². The number of nitrogens with one attached hydrogen (secondary N) is 2. The van der Waals surface area contributed by atoms with Gasteiger partial charge in [-0.25, -0.2) is 4.79 Å². The molecule has 0 fully saturated rings. The molecule has 0 radical (unpaired) electrons. The van der Waals surface area contributed by atoms with Crippen molar-refractivity contribution in [2.75, 3.05) is 98.3 Å². The highest BCUT2D eigenvalue weighted by Gasteiger charge is 2.15. The highest BCUT2D eigenvalue weighted by molar-refractivity contribution is 6.17. The van der Waals surface area contributed by atoms with Gasteiger partial charge in [-0.1, -0.05) is 12.8 Å². The first-order valence-electron chi connectivity index (χ1n) is 13.1. The van der Waals surface area contributed by atoms with Gasteiger partial charge in [-0.15, -0.1) is 11.6 Å². The molecule has 0 saturated carbocycles. The Morgan fingerprint density at radius 1 is 0.595 bits per heavy atom. The molecule has 2 amide bonds. The van der Waals surface area contributed by atoms with Crippen molar-refractivity contribution in [2.45, 2.75) is 52.1 Å². The van der Waals surface area contributed by atoms with Crippen molar-refractivity contribution in [2.24, 2.45) is 0 Å². The number of hydrogen-bond acceptors (Lipinski definition) is 9. The average molecular weight is 557 g/mol. The van der Waals surface area contributed by atoms with Gasteiger partial charge in [0, 0.05) is 25.6 Å². The third kappa shape index (κ3) is 30.9. The predicted molar refractivity (Wildman–Crippen MR) is 141 cm³/mol. The summed E-state index contributed by atoms with van der Waals surface area (Å²) in [5.74, 6) is 0.530. The minimum atomic E-state index is -0.516. The molecule has 0 aromatic heterocycles. The molecule has 0 saturated heterocycles. The van der Waals surface area contributed by atoms with E-state index in [0.717, 1.165) is 38.2 Å². The van der Waals surface area contributed by atoms with Crippen LogP contribution in [0.4, 0.5) is 4.79 Å². The van der Waals surface area contributed by atoms with Crippen LogP contribution < -0.4 is 10.6 Å². The topological polar surface area (TPSA) is 123 Å². The first-order valence-corrected chi connectivity index (χ1v) is 13.6. The van der Waals surface area contributed by atoms with E-state index in [-0.39, 0.29) is 12.5 Å². The number of alkyl halides is 1. The van der Waals surface area contributed by atoms with Crippen LogP contribution in [-0.2, 0) is 38.0 Å². The fourth-order valence-corrected chi connectivity index (χ4v) is 2.84. The Morgan fingerprint density at radius 2 is 1.05 bits per heavy atom. The first kappa shape index (κ1) is 35.8. The van der Waals surface area contributed by atoms with Gasteiger partial charge in [0.25, 0.3) is 0 Å². The molecular formula is C25H49ClN2O9. The molecule has 0 aliphatic carbocycles. The second-order valence-electron chi connectivity index (χ2n) is 9.00. The van der Waals surface area contributed by atoms with Crippen molar-refractivity contribution < 1.29 is 42.7 Å². The van der Waals surface area contributed by atoms with Crippen molar-refractivity contribution in [3.05, 3.63) is 0 Å². The van der Waals surface area contributed by atoms with E-state index in [1.807, 2.05) is 20.8 Å². The summed E-state index contributed by atoms with van der Waals surface area (Å²) in [7, 11) is 0. The van der Waals surface area contributed by atoms with Gasteiger partial charge in [-0.2, -0.15) is 0 Å². The number of unbranched alkanes of at least 4 members (excludes halogenated alkanes) is 3. The van der Waals surface area contributed by atoms with Crippen LogP contribution in [0.2, 0.25) is 0 Å². The number of rotatable bonds is 26. The second-order valence-corrected chi connectivity index (χ2v) is 9.37. The largest absolute Gasteiger partial charge is 0.444 e. The number of halogens is 1. The molecule has 0 aromatic rings. The lowest BCUT2D eigenvalue weighted by Crippen LogP contribution is -2.34. The number of alkyl carbamates (subject to hydrolysis) is 1. The minimum absolute atomic E-state index is 0.0210. The summed E-state index contributed by atoms with van der Waals surface area (Å²) in [6.45, 7) is 11.2. The second kappa shape index (κ2) is 26.4. The molecule has 0 unspecified atom stereocenters. The van der Waals surface area contributed by atoms with Gasteiger partial charge in [0.1, 0.15) is 12.2 Å². The first-order chi connectivity index (χ1) is 17.8. The molecule has 0 rings (SSSR count). The lowest BCUT2D eigenvalue weighted by Gasteiger charge is -2.19. The van der Waals surface area contributed by atoms with E-state index in [1.54, 1.807) is 0 Å². The quantitative estimate of drug-likeness (QED) is 0.122. The molecule has 37 heavy (non-hydrogen) atoms. The summed E-state index contributed by atoms with van der Waals surface area (Å²) in [6.07, 6.45) is 3.92. The monoisotopic (exact) mass is 556 g/mol. The average Bonchev–Trinajstić information content (AvgIpc) is 2.83. The van der Waals surface area contributed by atoms with Crippen molar-refractivity contribution in [3.63, 3.8) is 0 Å². The number of carbonyl (C=O) groups is 2. The number of amides is 2. The number of hydrogen-bond donors (Lipinski definition) is 2. The van der Waals surface area contributed by atoms with E-state index < -0.39 is 11.7 Å².